The third kappa shape index (κ3) is 4.90. The van der Waals surface area contributed by atoms with Crippen LogP contribution in [0.5, 0.6) is 0 Å². The molecule has 12 heteroatoms. The van der Waals surface area contributed by atoms with E-state index in [2.05, 4.69) is 14.8 Å². The zero-order valence-corrected chi connectivity index (χ0v) is 17.5. The number of carbonyl (C=O) groups excluding carboxylic acids is 2. The Kier molecular flexibility index (Phi) is 6.96. The molecule has 0 fully saturated rings. The van der Waals surface area contributed by atoms with Gasteiger partial charge in [0, 0.05) is 6.20 Å². The van der Waals surface area contributed by atoms with E-state index in [0.717, 1.165) is 7.11 Å². The number of alkyl halides is 5. The summed E-state index contributed by atoms with van der Waals surface area (Å²) in [4.78, 5) is 28.1. The van der Waals surface area contributed by atoms with Gasteiger partial charge in [0.05, 0.1) is 28.0 Å². The zero-order chi connectivity index (χ0) is 22.1. The van der Waals surface area contributed by atoms with Crippen molar-refractivity contribution in [3.05, 3.63) is 44.0 Å². The maximum absolute atomic E-state index is 13.7. The first-order valence-electron chi connectivity index (χ1n) is 8.13. The summed E-state index contributed by atoms with van der Waals surface area (Å²) < 4.78 is 73.7. The van der Waals surface area contributed by atoms with Crippen molar-refractivity contribution in [2.45, 2.75) is 32.9 Å². The molecule has 2 heterocycles. The molecule has 0 bridgehead atoms. The maximum Gasteiger partial charge on any atom is 0.434 e. The van der Waals surface area contributed by atoms with Gasteiger partial charge in [-0.1, -0.05) is 13.8 Å². The van der Waals surface area contributed by atoms with Crippen molar-refractivity contribution < 1.29 is 36.3 Å². The maximum atomic E-state index is 13.7. The van der Waals surface area contributed by atoms with E-state index in [1.54, 1.807) is 36.4 Å². The molecule has 0 aromatic carbocycles. The topological polar surface area (TPSA) is 74.1 Å². The summed E-state index contributed by atoms with van der Waals surface area (Å²) in [6.45, 7) is 3.20. The summed E-state index contributed by atoms with van der Waals surface area (Å²) >= 11 is 1.80. The Bertz CT molecular complexity index is 941. The smallest absolute Gasteiger partial charge is 0.434 e. The van der Waals surface area contributed by atoms with E-state index in [-0.39, 0.29) is 12.3 Å². The molecule has 0 radical (unpaired) electrons. The van der Waals surface area contributed by atoms with Crippen molar-refractivity contribution in [3.63, 3.8) is 0 Å². The minimum atomic E-state index is -5.23. The van der Waals surface area contributed by atoms with Gasteiger partial charge in [-0.2, -0.15) is 18.3 Å². The second kappa shape index (κ2) is 8.71. The van der Waals surface area contributed by atoms with Crippen molar-refractivity contribution >= 4 is 34.5 Å². The Morgan fingerprint density at radius 1 is 1.24 bits per heavy atom. The summed E-state index contributed by atoms with van der Waals surface area (Å²) in [5.74, 6) is -2.92. The summed E-state index contributed by atoms with van der Waals surface area (Å²) in [5.41, 5.74) is -5.53. The van der Waals surface area contributed by atoms with E-state index >= 15 is 0 Å². The number of esters is 1. The molecular formula is C17H15F5IN3O3. The third-order valence-electron chi connectivity index (χ3n) is 3.78. The average Bonchev–Trinajstić information content (AvgIpc) is 3.04. The Hall–Kier alpha value is -2.12. The van der Waals surface area contributed by atoms with Crippen molar-refractivity contribution in [3.8, 4) is 0 Å². The first kappa shape index (κ1) is 23.2. The molecule has 0 atom stereocenters. The van der Waals surface area contributed by atoms with E-state index in [0.29, 0.717) is 8.25 Å². The second-order valence-electron chi connectivity index (χ2n) is 6.37. The molecule has 29 heavy (non-hydrogen) atoms. The highest BCUT2D eigenvalue weighted by Gasteiger charge is 2.43. The monoisotopic (exact) mass is 531 g/mol. The largest absolute Gasteiger partial charge is 0.465 e. The Morgan fingerprint density at radius 2 is 1.86 bits per heavy atom. The molecule has 2 aromatic heterocycles. The van der Waals surface area contributed by atoms with Gasteiger partial charge in [-0.15, -0.1) is 0 Å². The number of hydrogen-bond donors (Lipinski definition) is 0. The van der Waals surface area contributed by atoms with Crippen LogP contribution in [0.25, 0.3) is 0 Å². The molecule has 0 unspecified atom stereocenters. The highest BCUT2D eigenvalue weighted by Crippen LogP contribution is 2.38. The van der Waals surface area contributed by atoms with Crippen molar-refractivity contribution in [1.29, 1.82) is 0 Å². The van der Waals surface area contributed by atoms with Crippen LogP contribution in [-0.4, -0.2) is 33.8 Å². The second-order valence-corrected chi connectivity index (χ2v) is 7.62. The van der Waals surface area contributed by atoms with E-state index in [1.165, 1.54) is 12.4 Å². The molecule has 6 nitrogen and oxygen atoms in total. The summed E-state index contributed by atoms with van der Waals surface area (Å²) in [5, 5.41) is 3.69. The van der Waals surface area contributed by atoms with Gasteiger partial charge >= 0.3 is 12.1 Å². The molecular weight excluding hydrogens is 516 g/mol. The molecule has 0 aliphatic carbocycles. The van der Waals surface area contributed by atoms with Crippen molar-refractivity contribution in [2.24, 2.45) is 5.92 Å². The molecule has 0 saturated carbocycles. The summed E-state index contributed by atoms with van der Waals surface area (Å²) in [6.07, 6.45) is -6.59. The van der Waals surface area contributed by atoms with Gasteiger partial charge in [0.1, 0.15) is 5.69 Å². The lowest BCUT2D eigenvalue weighted by Crippen LogP contribution is -2.27. The SMILES string of the molecule is COC(=O)c1c(C(F)F)nc(C(F)(F)F)c(C(=O)n2cc(I)cn2)c1CC(C)C. The van der Waals surface area contributed by atoms with Gasteiger partial charge in [0.15, 0.2) is 5.69 Å². The van der Waals surface area contributed by atoms with Crippen LogP contribution in [0.2, 0.25) is 0 Å². The number of rotatable bonds is 5. The van der Waals surface area contributed by atoms with Crippen LogP contribution in [0.1, 0.15) is 57.9 Å². The first-order chi connectivity index (χ1) is 13.4. The van der Waals surface area contributed by atoms with Crippen LogP contribution < -0.4 is 0 Å². The molecule has 0 aliphatic heterocycles. The normalized spacial score (nSPS) is 12.0. The number of ether oxygens (including phenoxy) is 1. The number of halogens is 6. The van der Waals surface area contributed by atoms with E-state index < -0.39 is 52.6 Å². The molecule has 2 rings (SSSR count). The summed E-state index contributed by atoms with van der Waals surface area (Å²) in [6, 6.07) is 0. The fraction of sp³-hybridized carbons (Fsp3) is 0.412. The quantitative estimate of drug-likeness (QED) is 0.323. The van der Waals surface area contributed by atoms with E-state index in [9.17, 15) is 31.5 Å². The number of carbonyl (C=O) groups is 2. The molecule has 2 aromatic rings. The Labute approximate surface area is 175 Å². The molecule has 0 aliphatic rings. The lowest BCUT2D eigenvalue weighted by Gasteiger charge is -2.21. The predicted molar refractivity (Wildman–Crippen MR) is 98.8 cm³/mol. The lowest BCUT2D eigenvalue weighted by molar-refractivity contribution is -0.141. The standard InChI is InChI=1S/C17H15F5IN3O3/c1-7(2)4-9-10(16(28)29-3)12(14(18)19)25-13(17(20,21)22)11(9)15(27)26-6-8(23)5-24-26/h5-7,14H,4H2,1-3H3. The van der Waals surface area contributed by atoms with Crippen LogP contribution in [0.3, 0.4) is 0 Å². The molecule has 0 amide bonds. The van der Waals surface area contributed by atoms with Gasteiger partial charge in [-0.05, 0) is 40.5 Å². The molecule has 0 spiro atoms. The average molecular weight is 531 g/mol. The van der Waals surface area contributed by atoms with Crippen molar-refractivity contribution in [2.75, 3.05) is 7.11 Å². The minimum Gasteiger partial charge on any atom is -0.465 e. The number of methoxy groups -OCH3 is 1. The fourth-order valence-electron chi connectivity index (χ4n) is 2.72. The predicted octanol–water partition coefficient (Wildman–Crippen LogP) is 4.51. The van der Waals surface area contributed by atoms with Gasteiger partial charge in [0.2, 0.25) is 0 Å². The minimum absolute atomic E-state index is 0.269. The first-order valence-corrected chi connectivity index (χ1v) is 9.21. The fourth-order valence-corrected chi connectivity index (χ4v) is 3.11. The third-order valence-corrected chi connectivity index (χ3v) is 4.34. The van der Waals surface area contributed by atoms with Gasteiger partial charge in [-0.25, -0.2) is 23.2 Å². The van der Waals surface area contributed by atoms with Crippen LogP contribution in [0, 0.1) is 9.49 Å². The molecule has 158 valence electrons. The zero-order valence-electron chi connectivity index (χ0n) is 15.4. The lowest BCUT2D eigenvalue weighted by atomic mass is 9.90. The van der Waals surface area contributed by atoms with Gasteiger partial charge in [0.25, 0.3) is 12.3 Å². The summed E-state index contributed by atoms with van der Waals surface area (Å²) in [7, 11) is 0.895. The Morgan fingerprint density at radius 3 is 2.28 bits per heavy atom. The van der Waals surface area contributed by atoms with Crippen LogP contribution >= 0.6 is 22.6 Å². The number of aromatic nitrogens is 3. The number of hydrogen-bond acceptors (Lipinski definition) is 5. The molecule has 0 N–H and O–H groups in total. The Balaban J connectivity index is 3.00. The van der Waals surface area contributed by atoms with Crippen LogP contribution in [0.4, 0.5) is 22.0 Å². The van der Waals surface area contributed by atoms with Crippen LogP contribution in [-0.2, 0) is 17.3 Å². The van der Waals surface area contributed by atoms with Gasteiger partial charge in [-0.3, -0.25) is 4.79 Å². The van der Waals surface area contributed by atoms with Crippen LogP contribution in [0.15, 0.2) is 12.4 Å². The highest BCUT2D eigenvalue weighted by atomic mass is 127. The van der Waals surface area contributed by atoms with Crippen molar-refractivity contribution in [1.82, 2.24) is 14.8 Å². The van der Waals surface area contributed by atoms with E-state index in [4.69, 9.17) is 0 Å². The molecule has 0 saturated heterocycles. The number of pyridine rings is 1. The van der Waals surface area contributed by atoms with E-state index in [1.807, 2.05) is 0 Å². The number of nitrogens with zero attached hydrogens (tertiary/aromatic N) is 3. The van der Waals surface area contributed by atoms with Gasteiger partial charge < -0.3 is 4.74 Å². The highest BCUT2D eigenvalue weighted by molar-refractivity contribution is 14.1.